The molecule has 0 amide bonds. The predicted molar refractivity (Wildman–Crippen MR) is 192 cm³/mol. The van der Waals surface area contributed by atoms with Crippen LogP contribution < -0.4 is 14.9 Å². The maximum absolute atomic E-state index is 4.50. The Balaban J connectivity index is 1.35. The number of nitrogens with one attached hydrogen (secondary N) is 3. The minimum Gasteiger partial charge on any atom is -0.331 e. The van der Waals surface area contributed by atoms with Crippen LogP contribution in [-0.4, -0.2) is 24.7 Å². The highest BCUT2D eigenvalue weighted by Gasteiger charge is 2.55. The first kappa shape index (κ1) is 31.2. The average Bonchev–Trinajstić information content (AvgIpc) is 2.97. The Labute approximate surface area is 264 Å². The van der Waals surface area contributed by atoms with Crippen molar-refractivity contribution < 1.29 is 0 Å². The van der Waals surface area contributed by atoms with Gasteiger partial charge in [0.2, 0.25) is 0 Å². The lowest BCUT2D eigenvalue weighted by molar-refractivity contribution is 0.516. The lowest BCUT2D eigenvalue weighted by Gasteiger charge is -2.53. The van der Waals surface area contributed by atoms with Crippen LogP contribution in [0.2, 0.25) is 44.1 Å². The van der Waals surface area contributed by atoms with Crippen molar-refractivity contribution in [1.82, 2.24) is 14.9 Å². The third-order valence-electron chi connectivity index (χ3n) is 10.9. The maximum Gasteiger partial charge on any atom is 0.120 e. The van der Waals surface area contributed by atoms with Gasteiger partial charge in [0.1, 0.15) is 24.7 Å². The molecule has 0 aliphatic heterocycles. The number of rotatable bonds is 9. The van der Waals surface area contributed by atoms with Crippen molar-refractivity contribution >= 4 is 24.7 Å². The molecule has 3 aliphatic carbocycles. The molecule has 0 bridgehead atoms. The molecule has 3 N–H and O–H groups in total. The van der Waals surface area contributed by atoms with Crippen molar-refractivity contribution in [2.45, 2.75) is 120 Å². The molecule has 3 unspecified atom stereocenters. The lowest BCUT2D eigenvalue weighted by Crippen LogP contribution is -2.73. The van der Waals surface area contributed by atoms with E-state index in [9.17, 15) is 0 Å². The molecule has 3 aromatic rings. The molecular weight excluding hydrogens is 571 g/mol. The molecule has 230 valence electrons. The second-order valence-corrected chi connectivity index (χ2v) is 30.1. The van der Waals surface area contributed by atoms with Gasteiger partial charge in [-0.1, -0.05) is 112 Å². The fourth-order valence-corrected chi connectivity index (χ4v) is 37.3. The zero-order valence-corrected chi connectivity index (χ0v) is 30.6. The molecule has 43 heavy (non-hydrogen) atoms. The number of aryl methyl sites for hydroxylation is 3. The Morgan fingerprint density at radius 1 is 0.465 bits per heavy atom. The molecule has 3 atom stereocenters. The standard InChI is InChI=1S/C37H55N3Si3/c1-41(2,38-34-25-13-19-28-16-7-10-22-31(28)34)37(42(3,4)39-35-26-14-20-29-17-8-11-23-32(29)35)43(5,6)40-36-27-15-21-30-18-9-12-24-33(30)36/h7-12,16-18,22-24,34-40H,13-15,19-21,25-27H2,1-6H3. The first-order chi connectivity index (χ1) is 20.6. The van der Waals surface area contributed by atoms with Gasteiger partial charge in [0.25, 0.3) is 0 Å². The van der Waals surface area contributed by atoms with Crippen molar-refractivity contribution in [3.8, 4) is 0 Å². The lowest BCUT2D eigenvalue weighted by atomic mass is 9.88. The van der Waals surface area contributed by atoms with Crippen LogP contribution in [0.4, 0.5) is 0 Å². The predicted octanol–water partition coefficient (Wildman–Crippen LogP) is 9.05. The summed E-state index contributed by atoms with van der Waals surface area (Å²) in [7, 11) is -5.89. The van der Waals surface area contributed by atoms with Crippen molar-refractivity contribution in [3.63, 3.8) is 0 Å². The van der Waals surface area contributed by atoms with Crippen LogP contribution in [0.25, 0.3) is 0 Å². The van der Waals surface area contributed by atoms with E-state index >= 15 is 0 Å². The topological polar surface area (TPSA) is 36.1 Å². The fraction of sp³-hybridized carbons (Fsp3) is 0.514. The summed E-state index contributed by atoms with van der Waals surface area (Å²) in [6.45, 7) is 16.1. The van der Waals surface area contributed by atoms with E-state index in [1.807, 2.05) is 0 Å². The van der Waals surface area contributed by atoms with Crippen LogP contribution in [0.1, 0.15) is 90.0 Å². The van der Waals surface area contributed by atoms with Crippen molar-refractivity contribution in [2.75, 3.05) is 0 Å². The summed E-state index contributed by atoms with van der Waals surface area (Å²) in [6, 6.07) is 29.2. The van der Waals surface area contributed by atoms with Gasteiger partial charge < -0.3 is 14.9 Å². The van der Waals surface area contributed by atoms with Gasteiger partial charge >= 0.3 is 0 Å². The molecule has 3 nitrogen and oxygen atoms in total. The number of fused-ring (bicyclic) bond motifs is 3. The summed E-state index contributed by atoms with van der Waals surface area (Å²) in [5.41, 5.74) is 9.39. The summed E-state index contributed by atoms with van der Waals surface area (Å²) in [5, 5.41) is 0. The highest BCUT2D eigenvalue weighted by Crippen LogP contribution is 2.43. The summed E-state index contributed by atoms with van der Waals surface area (Å²) < 4.78 is 0. The molecule has 3 aromatic carbocycles. The minimum absolute atomic E-state index is 0.481. The molecule has 0 saturated carbocycles. The van der Waals surface area contributed by atoms with Crippen LogP contribution in [0.3, 0.4) is 0 Å². The quantitative estimate of drug-likeness (QED) is 0.208. The molecular formula is C37H55N3Si3. The van der Waals surface area contributed by atoms with Crippen LogP contribution in [0.5, 0.6) is 0 Å². The van der Waals surface area contributed by atoms with Crippen molar-refractivity contribution in [2.24, 2.45) is 0 Å². The van der Waals surface area contributed by atoms with Gasteiger partial charge in [-0.3, -0.25) is 0 Å². The number of benzene rings is 3. The van der Waals surface area contributed by atoms with E-state index in [1.54, 1.807) is 33.4 Å². The Kier molecular flexibility index (Phi) is 9.09. The summed E-state index contributed by atoms with van der Waals surface area (Å²) in [5.74, 6) is 0. The van der Waals surface area contributed by atoms with Gasteiger partial charge in [-0.25, -0.2) is 0 Å². The number of hydrogen-bond donors (Lipinski definition) is 3. The van der Waals surface area contributed by atoms with Crippen LogP contribution in [0.15, 0.2) is 72.8 Å². The molecule has 0 radical (unpaired) electrons. The highest BCUT2D eigenvalue weighted by molar-refractivity contribution is 7.11. The van der Waals surface area contributed by atoms with Gasteiger partial charge in [-0.05, 0) is 96.0 Å². The third kappa shape index (κ3) is 6.61. The smallest absolute Gasteiger partial charge is 0.120 e. The second-order valence-electron chi connectivity index (χ2n) is 15.5. The maximum atomic E-state index is 4.50. The molecule has 0 heterocycles. The fourth-order valence-electron chi connectivity index (χ4n) is 10.0. The van der Waals surface area contributed by atoms with E-state index < -0.39 is 24.7 Å². The molecule has 0 spiro atoms. The average molecular weight is 626 g/mol. The molecule has 0 fully saturated rings. The second kappa shape index (κ2) is 12.5. The molecule has 0 saturated heterocycles. The van der Waals surface area contributed by atoms with E-state index in [2.05, 4.69) is 127 Å². The zero-order chi connectivity index (χ0) is 30.2. The Morgan fingerprint density at radius 3 is 1.05 bits per heavy atom. The third-order valence-corrected chi connectivity index (χ3v) is 31.5. The highest BCUT2D eigenvalue weighted by atomic mass is 28.5. The van der Waals surface area contributed by atoms with Crippen LogP contribution in [0, 0.1) is 0 Å². The monoisotopic (exact) mass is 625 g/mol. The largest absolute Gasteiger partial charge is 0.331 e. The summed E-state index contributed by atoms with van der Waals surface area (Å²) in [6.07, 6.45) is 11.3. The summed E-state index contributed by atoms with van der Waals surface area (Å²) in [4.78, 5) is 14.2. The van der Waals surface area contributed by atoms with Crippen LogP contribution >= 0.6 is 0 Å². The van der Waals surface area contributed by atoms with Crippen molar-refractivity contribution in [1.29, 1.82) is 0 Å². The molecule has 6 rings (SSSR count). The van der Waals surface area contributed by atoms with E-state index in [-0.39, 0.29) is 0 Å². The molecule has 3 aliphatic rings. The zero-order valence-electron chi connectivity index (χ0n) is 27.6. The van der Waals surface area contributed by atoms with E-state index in [1.165, 1.54) is 57.8 Å². The van der Waals surface area contributed by atoms with Crippen molar-refractivity contribution in [3.05, 3.63) is 106 Å². The first-order valence-corrected chi connectivity index (χ1v) is 26.3. The van der Waals surface area contributed by atoms with Gasteiger partial charge in [-0.2, -0.15) is 0 Å². The summed E-state index contributed by atoms with van der Waals surface area (Å²) >= 11 is 0. The normalized spacial score (nSPS) is 23.2. The van der Waals surface area contributed by atoms with Gasteiger partial charge in [0.15, 0.2) is 0 Å². The Hall–Kier alpha value is -1.81. The van der Waals surface area contributed by atoms with E-state index in [4.69, 9.17) is 0 Å². The minimum atomic E-state index is -1.96. The molecule has 0 aromatic heterocycles. The SMILES string of the molecule is C[Si](C)(NC1CCCc2ccccc21)C([Si](C)(C)NC1CCCc2ccccc21)[Si](C)(C)NC1CCCc2ccccc21. The van der Waals surface area contributed by atoms with Gasteiger partial charge in [-0.15, -0.1) is 0 Å². The first-order valence-electron chi connectivity index (χ1n) is 17.1. The molecule has 6 heteroatoms. The Bertz CT molecular complexity index is 1250. The Morgan fingerprint density at radius 2 is 0.744 bits per heavy atom. The number of hydrogen-bond acceptors (Lipinski definition) is 3. The van der Waals surface area contributed by atoms with Gasteiger partial charge in [0, 0.05) is 18.1 Å². The van der Waals surface area contributed by atoms with E-state index in [0.29, 0.717) is 22.9 Å². The van der Waals surface area contributed by atoms with Crippen LogP contribution in [-0.2, 0) is 19.3 Å². The van der Waals surface area contributed by atoms with E-state index in [0.717, 1.165) is 0 Å². The van der Waals surface area contributed by atoms with Gasteiger partial charge in [0.05, 0.1) is 0 Å².